The molecular formula is C26H20N6O4. The van der Waals surface area contributed by atoms with E-state index in [9.17, 15) is 14.9 Å². The molecule has 1 unspecified atom stereocenters. The highest BCUT2D eigenvalue weighted by Crippen LogP contribution is 2.37. The minimum atomic E-state index is -0.607. The highest BCUT2D eigenvalue weighted by molar-refractivity contribution is 6.03. The number of hydrogen-bond donors (Lipinski definition) is 1. The molecule has 10 nitrogen and oxygen atoms in total. The number of ether oxygens (including phenoxy) is 2. The number of carbonyl (C=O) groups excluding carboxylic acids is 2. The van der Waals surface area contributed by atoms with Gasteiger partial charge in [-0.1, -0.05) is 18.2 Å². The number of amides is 2. The molecule has 0 radical (unpaired) electrons. The van der Waals surface area contributed by atoms with Crippen molar-refractivity contribution >= 4 is 34.2 Å². The molecule has 4 aromatic rings. The van der Waals surface area contributed by atoms with Crippen LogP contribution < -0.4 is 19.7 Å². The molecule has 6 rings (SSSR count). The number of benzene rings is 2. The van der Waals surface area contributed by atoms with Crippen molar-refractivity contribution < 1.29 is 19.1 Å². The van der Waals surface area contributed by atoms with Gasteiger partial charge in [0.15, 0.2) is 23.1 Å². The lowest BCUT2D eigenvalue weighted by Crippen LogP contribution is -2.29. The number of anilines is 2. The van der Waals surface area contributed by atoms with Crippen LogP contribution in [0.4, 0.5) is 11.5 Å². The maximum Gasteiger partial charge on any atom is 0.231 e. The standard InChI is InChI=1S/C26H20N6O4/c1-15-8-23(29-20-5-3-2-4-19(15)20)32-25(17(11-27)12-28-32)30-26(34)16-9-24(33)31(13-16)18-6-7-21-22(10-18)36-14-35-21/h2-8,10,12,16H,9,13-14H2,1H3,(H,30,34). The molecule has 1 N–H and O–H groups in total. The van der Waals surface area contributed by atoms with Crippen LogP contribution in [0.3, 0.4) is 0 Å². The third kappa shape index (κ3) is 3.58. The fourth-order valence-corrected chi connectivity index (χ4v) is 4.57. The zero-order valence-electron chi connectivity index (χ0n) is 19.3. The van der Waals surface area contributed by atoms with Gasteiger partial charge < -0.3 is 19.7 Å². The Labute approximate surface area is 205 Å². The van der Waals surface area contributed by atoms with E-state index in [0.29, 0.717) is 23.0 Å². The van der Waals surface area contributed by atoms with Gasteiger partial charge in [-0.2, -0.15) is 15.0 Å². The molecule has 1 atom stereocenters. The number of rotatable bonds is 4. The minimum Gasteiger partial charge on any atom is -0.454 e. The molecule has 10 heteroatoms. The molecule has 2 aliphatic rings. The van der Waals surface area contributed by atoms with E-state index in [1.54, 1.807) is 23.1 Å². The van der Waals surface area contributed by atoms with Gasteiger partial charge >= 0.3 is 0 Å². The minimum absolute atomic E-state index is 0.0453. The van der Waals surface area contributed by atoms with Crippen molar-refractivity contribution in [3.8, 4) is 23.4 Å². The van der Waals surface area contributed by atoms with Crippen molar-refractivity contribution in [1.82, 2.24) is 14.8 Å². The van der Waals surface area contributed by atoms with E-state index >= 15 is 0 Å². The summed E-state index contributed by atoms with van der Waals surface area (Å²) in [5, 5.41) is 17.8. The quantitative estimate of drug-likeness (QED) is 0.475. The molecule has 0 saturated carbocycles. The Hall–Kier alpha value is -4.91. The SMILES string of the molecule is Cc1cc(-n2ncc(C#N)c2NC(=O)C2CC(=O)N(c3ccc4c(c3)OCO4)C2)nc2ccccc12. The molecule has 2 aromatic heterocycles. The van der Waals surface area contributed by atoms with Crippen LogP contribution in [-0.2, 0) is 9.59 Å². The topological polar surface area (TPSA) is 122 Å². The van der Waals surface area contributed by atoms with E-state index in [4.69, 9.17) is 9.47 Å². The molecule has 36 heavy (non-hydrogen) atoms. The first-order chi connectivity index (χ1) is 17.5. The van der Waals surface area contributed by atoms with E-state index in [0.717, 1.165) is 16.5 Å². The Kier molecular flexibility index (Phi) is 5.04. The van der Waals surface area contributed by atoms with E-state index < -0.39 is 5.92 Å². The van der Waals surface area contributed by atoms with Gasteiger partial charge in [0, 0.05) is 30.1 Å². The van der Waals surface area contributed by atoms with Gasteiger partial charge in [-0.05, 0) is 36.8 Å². The normalized spacial score (nSPS) is 16.4. The summed E-state index contributed by atoms with van der Waals surface area (Å²) in [6, 6.07) is 16.9. The molecule has 1 fully saturated rings. The molecule has 0 bridgehead atoms. The number of pyridine rings is 1. The molecule has 0 aliphatic carbocycles. The number of para-hydroxylation sites is 1. The Morgan fingerprint density at radius 1 is 1.17 bits per heavy atom. The molecule has 2 amide bonds. The smallest absolute Gasteiger partial charge is 0.231 e. The summed E-state index contributed by atoms with van der Waals surface area (Å²) >= 11 is 0. The van der Waals surface area contributed by atoms with Crippen molar-refractivity contribution in [1.29, 1.82) is 5.26 Å². The number of nitriles is 1. The van der Waals surface area contributed by atoms with Gasteiger partial charge in [-0.15, -0.1) is 0 Å². The maximum absolute atomic E-state index is 13.2. The second-order valence-electron chi connectivity index (χ2n) is 8.68. The largest absolute Gasteiger partial charge is 0.454 e. The van der Waals surface area contributed by atoms with Crippen LogP contribution in [0.15, 0.2) is 54.7 Å². The third-order valence-corrected chi connectivity index (χ3v) is 6.42. The van der Waals surface area contributed by atoms with Crippen LogP contribution >= 0.6 is 0 Å². The number of aryl methyl sites for hydroxylation is 1. The third-order valence-electron chi connectivity index (χ3n) is 6.42. The van der Waals surface area contributed by atoms with Crippen molar-refractivity contribution in [3.63, 3.8) is 0 Å². The van der Waals surface area contributed by atoms with E-state index in [2.05, 4.69) is 21.5 Å². The average Bonchev–Trinajstić information content (AvgIpc) is 3.61. The van der Waals surface area contributed by atoms with Gasteiger partial charge in [0.25, 0.3) is 0 Å². The second kappa shape index (κ2) is 8.39. The average molecular weight is 480 g/mol. The molecule has 0 spiro atoms. The molecule has 1 saturated heterocycles. The zero-order chi connectivity index (χ0) is 24.8. The van der Waals surface area contributed by atoms with Crippen molar-refractivity contribution in [3.05, 3.63) is 65.9 Å². The summed E-state index contributed by atoms with van der Waals surface area (Å²) < 4.78 is 12.2. The van der Waals surface area contributed by atoms with E-state index in [1.807, 2.05) is 37.3 Å². The van der Waals surface area contributed by atoms with Gasteiger partial charge in [-0.25, -0.2) is 4.98 Å². The van der Waals surface area contributed by atoms with Crippen molar-refractivity contribution in [2.24, 2.45) is 5.92 Å². The first-order valence-electron chi connectivity index (χ1n) is 11.4. The molecule has 2 aromatic carbocycles. The summed E-state index contributed by atoms with van der Waals surface area (Å²) in [7, 11) is 0. The van der Waals surface area contributed by atoms with Crippen LogP contribution in [0.2, 0.25) is 0 Å². The van der Waals surface area contributed by atoms with Gasteiger partial charge in [-0.3, -0.25) is 9.59 Å². The van der Waals surface area contributed by atoms with Crippen LogP contribution in [-0.4, -0.2) is 39.9 Å². The number of hydrogen-bond acceptors (Lipinski definition) is 7. The first-order valence-corrected chi connectivity index (χ1v) is 11.4. The van der Waals surface area contributed by atoms with Crippen LogP contribution in [0.5, 0.6) is 11.5 Å². The molecule has 4 heterocycles. The fourth-order valence-electron chi connectivity index (χ4n) is 4.57. The molecule has 178 valence electrons. The highest BCUT2D eigenvalue weighted by Gasteiger charge is 2.36. The number of carbonyl (C=O) groups is 2. The number of nitrogens with one attached hydrogen (secondary N) is 1. The van der Waals surface area contributed by atoms with E-state index in [1.165, 1.54) is 10.9 Å². The van der Waals surface area contributed by atoms with Gasteiger partial charge in [0.2, 0.25) is 18.6 Å². The maximum atomic E-state index is 13.2. The van der Waals surface area contributed by atoms with Crippen LogP contribution in [0.1, 0.15) is 17.5 Å². The lowest BCUT2D eigenvalue weighted by atomic mass is 10.1. The van der Waals surface area contributed by atoms with Crippen LogP contribution in [0.25, 0.3) is 16.7 Å². The first kappa shape index (κ1) is 21.6. The van der Waals surface area contributed by atoms with Crippen molar-refractivity contribution in [2.45, 2.75) is 13.3 Å². The lowest BCUT2D eigenvalue weighted by Gasteiger charge is -2.17. The zero-order valence-corrected chi connectivity index (χ0v) is 19.3. The Balaban J connectivity index is 1.27. The summed E-state index contributed by atoms with van der Waals surface area (Å²) in [6.07, 6.45) is 1.43. The number of aromatic nitrogens is 3. The Morgan fingerprint density at radius 2 is 2.00 bits per heavy atom. The summed E-state index contributed by atoms with van der Waals surface area (Å²) in [5.41, 5.74) is 2.60. The summed E-state index contributed by atoms with van der Waals surface area (Å²) in [4.78, 5) is 32.2. The molecular weight excluding hydrogens is 460 g/mol. The van der Waals surface area contributed by atoms with Crippen molar-refractivity contribution in [2.75, 3.05) is 23.6 Å². The lowest BCUT2D eigenvalue weighted by molar-refractivity contribution is -0.122. The molecule has 2 aliphatic heterocycles. The summed E-state index contributed by atoms with van der Waals surface area (Å²) in [5.74, 6) is 0.732. The Morgan fingerprint density at radius 3 is 2.86 bits per heavy atom. The summed E-state index contributed by atoms with van der Waals surface area (Å²) in [6.45, 7) is 2.31. The Bertz CT molecular complexity index is 1590. The predicted octanol–water partition coefficient (Wildman–Crippen LogP) is 3.32. The monoisotopic (exact) mass is 480 g/mol. The van der Waals surface area contributed by atoms with Gasteiger partial charge in [0.05, 0.1) is 17.6 Å². The number of nitrogens with zero attached hydrogens (tertiary/aromatic N) is 5. The van der Waals surface area contributed by atoms with E-state index in [-0.39, 0.29) is 43.0 Å². The van der Waals surface area contributed by atoms with Crippen LogP contribution in [0, 0.1) is 24.2 Å². The fraction of sp³-hybridized carbons (Fsp3) is 0.192. The highest BCUT2D eigenvalue weighted by atomic mass is 16.7. The second-order valence-corrected chi connectivity index (χ2v) is 8.68. The number of fused-ring (bicyclic) bond motifs is 2. The predicted molar refractivity (Wildman–Crippen MR) is 130 cm³/mol. The van der Waals surface area contributed by atoms with Gasteiger partial charge in [0.1, 0.15) is 11.6 Å².